The molecule has 136 valence electrons. The molecule has 1 aliphatic carbocycles. The minimum atomic E-state index is -0.575. The first kappa shape index (κ1) is 17.9. The Hall–Kier alpha value is -1.88. The van der Waals surface area contributed by atoms with E-state index in [0.717, 1.165) is 31.2 Å². The molecule has 1 aromatic carbocycles. The van der Waals surface area contributed by atoms with E-state index in [1.807, 2.05) is 37.3 Å². The number of nitrogens with one attached hydrogen (secondary N) is 1. The van der Waals surface area contributed by atoms with Gasteiger partial charge in [-0.2, -0.15) is 0 Å². The van der Waals surface area contributed by atoms with Crippen LogP contribution in [0.3, 0.4) is 0 Å². The molecule has 2 fully saturated rings. The van der Waals surface area contributed by atoms with Gasteiger partial charge in [0.15, 0.2) is 0 Å². The van der Waals surface area contributed by atoms with Crippen LogP contribution < -0.4 is 5.32 Å². The Morgan fingerprint density at radius 2 is 1.92 bits per heavy atom. The van der Waals surface area contributed by atoms with Crippen LogP contribution in [0.1, 0.15) is 51.5 Å². The normalized spacial score (nSPS) is 29.0. The zero-order chi connectivity index (χ0) is 17.9. The van der Waals surface area contributed by atoms with Crippen molar-refractivity contribution in [3.8, 4) is 0 Å². The minimum absolute atomic E-state index is 0.00640. The van der Waals surface area contributed by atoms with Crippen LogP contribution in [-0.2, 0) is 20.9 Å². The summed E-state index contributed by atoms with van der Waals surface area (Å²) >= 11 is 0. The number of amides is 2. The number of hydrogen-bond acceptors (Lipinski definition) is 3. The van der Waals surface area contributed by atoms with Crippen molar-refractivity contribution in [2.24, 2.45) is 5.92 Å². The molecule has 3 rings (SSSR count). The SMILES string of the molecule is CCC(=O)N1[C@@H](C(=O)NCc2ccccc2)COC12CCC(C)CC2. The summed E-state index contributed by atoms with van der Waals surface area (Å²) in [6.45, 7) is 4.84. The largest absolute Gasteiger partial charge is 0.353 e. The third kappa shape index (κ3) is 3.71. The summed E-state index contributed by atoms with van der Waals surface area (Å²) in [5.41, 5.74) is 0.471. The Kier molecular flexibility index (Phi) is 5.42. The van der Waals surface area contributed by atoms with E-state index in [1.165, 1.54) is 0 Å². The first-order chi connectivity index (χ1) is 12.1. The summed E-state index contributed by atoms with van der Waals surface area (Å²) in [6.07, 6.45) is 4.10. The highest BCUT2D eigenvalue weighted by atomic mass is 16.5. The first-order valence-corrected chi connectivity index (χ1v) is 9.33. The van der Waals surface area contributed by atoms with Crippen LogP contribution in [0.25, 0.3) is 0 Å². The van der Waals surface area contributed by atoms with E-state index in [9.17, 15) is 9.59 Å². The molecule has 0 bridgehead atoms. The highest BCUT2D eigenvalue weighted by molar-refractivity contribution is 5.88. The molecule has 0 unspecified atom stereocenters. The van der Waals surface area contributed by atoms with Gasteiger partial charge in [0.2, 0.25) is 11.8 Å². The second kappa shape index (κ2) is 7.56. The molecule has 5 heteroatoms. The molecular formula is C20H28N2O3. The summed E-state index contributed by atoms with van der Waals surface area (Å²) in [4.78, 5) is 27.1. The smallest absolute Gasteiger partial charge is 0.245 e. The van der Waals surface area contributed by atoms with Crippen LogP contribution in [0.2, 0.25) is 0 Å². The molecule has 0 aromatic heterocycles. The van der Waals surface area contributed by atoms with Gasteiger partial charge >= 0.3 is 0 Å². The zero-order valence-corrected chi connectivity index (χ0v) is 15.2. The van der Waals surface area contributed by atoms with Gasteiger partial charge in [-0.3, -0.25) is 14.5 Å². The molecule has 1 aromatic rings. The van der Waals surface area contributed by atoms with E-state index in [2.05, 4.69) is 12.2 Å². The Labute approximate surface area is 149 Å². The van der Waals surface area contributed by atoms with Crippen molar-refractivity contribution < 1.29 is 14.3 Å². The number of carbonyl (C=O) groups is 2. The minimum Gasteiger partial charge on any atom is -0.353 e. The molecule has 1 spiro atoms. The van der Waals surface area contributed by atoms with Gasteiger partial charge in [-0.15, -0.1) is 0 Å². The van der Waals surface area contributed by atoms with Gasteiger partial charge in [0.25, 0.3) is 0 Å². The molecule has 1 N–H and O–H groups in total. The topological polar surface area (TPSA) is 58.6 Å². The van der Waals surface area contributed by atoms with Crippen LogP contribution in [0.5, 0.6) is 0 Å². The molecular weight excluding hydrogens is 316 g/mol. The van der Waals surface area contributed by atoms with E-state index in [-0.39, 0.29) is 11.8 Å². The predicted octanol–water partition coefficient (Wildman–Crippen LogP) is 2.85. The molecule has 2 aliphatic rings. The lowest BCUT2D eigenvalue weighted by atomic mass is 9.83. The third-order valence-corrected chi connectivity index (χ3v) is 5.50. The molecule has 5 nitrogen and oxygen atoms in total. The van der Waals surface area contributed by atoms with Gasteiger partial charge in [0.05, 0.1) is 6.61 Å². The van der Waals surface area contributed by atoms with Crippen molar-refractivity contribution in [1.82, 2.24) is 10.2 Å². The van der Waals surface area contributed by atoms with Gasteiger partial charge in [-0.25, -0.2) is 0 Å². The van der Waals surface area contributed by atoms with Crippen LogP contribution >= 0.6 is 0 Å². The van der Waals surface area contributed by atoms with Gasteiger partial charge < -0.3 is 10.1 Å². The maximum atomic E-state index is 12.8. The molecule has 0 radical (unpaired) electrons. The standard InChI is InChI=1S/C20H28N2O3/c1-3-18(23)22-17(14-25-20(22)11-9-15(2)10-12-20)19(24)21-13-16-7-5-4-6-8-16/h4-8,15,17H,3,9-14H2,1-2H3,(H,21,24)/t15?,17-,20?/m1/s1. The molecule has 2 amide bonds. The fraction of sp³-hybridized carbons (Fsp3) is 0.600. The van der Waals surface area contributed by atoms with E-state index in [1.54, 1.807) is 4.90 Å². The Morgan fingerprint density at radius 1 is 1.24 bits per heavy atom. The molecule has 1 saturated carbocycles. The highest BCUT2D eigenvalue weighted by Gasteiger charge is 2.52. The third-order valence-electron chi connectivity index (χ3n) is 5.50. The number of carbonyl (C=O) groups excluding carboxylic acids is 2. The van der Waals surface area contributed by atoms with Crippen molar-refractivity contribution in [3.05, 3.63) is 35.9 Å². The quantitative estimate of drug-likeness (QED) is 0.914. The van der Waals surface area contributed by atoms with E-state index < -0.39 is 11.8 Å². The van der Waals surface area contributed by atoms with Crippen LogP contribution in [-0.4, -0.2) is 35.1 Å². The molecule has 1 atom stereocenters. The summed E-state index contributed by atoms with van der Waals surface area (Å²) < 4.78 is 6.10. The fourth-order valence-electron chi connectivity index (χ4n) is 3.93. The highest BCUT2D eigenvalue weighted by Crippen LogP contribution is 2.42. The molecule has 1 heterocycles. The van der Waals surface area contributed by atoms with Crippen molar-refractivity contribution in [2.75, 3.05) is 6.61 Å². The summed E-state index contributed by atoms with van der Waals surface area (Å²) in [7, 11) is 0. The van der Waals surface area contributed by atoms with E-state index >= 15 is 0 Å². The number of nitrogens with zero attached hydrogens (tertiary/aromatic N) is 1. The van der Waals surface area contributed by atoms with Gasteiger partial charge in [-0.05, 0) is 37.2 Å². The Balaban J connectivity index is 1.71. The number of rotatable bonds is 4. The van der Waals surface area contributed by atoms with E-state index in [4.69, 9.17) is 4.74 Å². The Bertz CT molecular complexity index is 609. The average molecular weight is 344 g/mol. The summed E-state index contributed by atoms with van der Waals surface area (Å²) in [6, 6.07) is 9.28. The van der Waals surface area contributed by atoms with E-state index in [0.29, 0.717) is 25.5 Å². The summed E-state index contributed by atoms with van der Waals surface area (Å²) in [5.74, 6) is 0.534. The first-order valence-electron chi connectivity index (χ1n) is 9.33. The second-order valence-corrected chi connectivity index (χ2v) is 7.28. The van der Waals surface area contributed by atoms with Crippen molar-refractivity contribution in [3.63, 3.8) is 0 Å². The van der Waals surface area contributed by atoms with Crippen molar-refractivity contribution in [1.29, 1.82) is 0 Å². The average Bonchev–Trinajstić information content (AvgIpc) is 3.01. The monoisotopic (exact) mass is 344 g/mol. The van der Waals surface area contributed by atoms with Gasteiger partial charge in [0, 0.05) is 13.0 Å². The zero-order valence-electron chi connectivity index (χ0n) is 15.2. The number of hydrogen-bond donors (Lipinski definition) is 1. The number of benzene rings is 1. The van der Waals surface area contributed by atoms with Crippen LogP contribution in [0.4, 0.5) is 0 Å². The predicted molar refractivity (Wildman–Crippen MR) is 95.5 cm³/mol. The second-order valence-electron chi connectivity index (χ2n) is 7.28. The maximum absolute atomic E-state index is 12.8. The molecule has 1 saturated heterocycles. The lowest BCUT2D eigenvalue weighted by molar-refractivity contribution is -0.161. The van der Waals surface area contributed by atoms with Gasteiger partial charge in [-0.1, -0.05) is 44.2 Å². The van der Waals surface area contributed by atoms with Crippen molar-refractivity contribution in [2.45, 2.75) is 64.3 Å². The number of ether oxygens (including phenoxy) is 1. The lowest BCUT2D eigenvalue weighted by Crippen LogP contribution is -2.56. The fourth-order valence-corrected chi connectivity index (χ4v) is 3.93. The van der Waals surface area contributed by atoms with Crippen LogP contribution in [0.15, 0.2) is 30.3 Å². The summed E-state index contributed by atoms with van der Waals surface area (Å²) in [5, 5.41) is 2.97. The van der Waals surface area contributed by atoms with Crippen molar-refractivity contribution >= 4 is 11.8 Å². The molecule has 1 aliphatic heterocycles. The molecule has 25 heavy (non-hydrogen) atoms. The lowest BCUT2D eigenvalue weighted by Gasteiger charge is -2.43. The maximum Gasteiger partial charge on any atom is 0.245 e. The van der Waals surface area contributed by atoms with Crippen LogP contribution in [0, 0.1) is 5.92 Å². The Morgan fingerprint density at radius 3 is 2.56 bits per heavy atom. The van der Waals surface area contributed by atoms with Gasteiger partial charge in [0.1, 0.15) is 11.8 Å².